The fraction of sp³-hybridized carbons (Fsp3) is 0.818. The molecular formula is C11H21N3O2S2. The molecule has 104 valence electrons. The lowest BCUT2D eigenvalue weighted by atomic mass is 9.96. The molecule has 1 heterocycles. The molecule has 0 fully saturated rings. The van der Waals surface area contributed by atoms with E-state index in [-0.39, 0.29) is 17.2 Å². The first-order valence-corrected chi connectivity index (χ1v) is 8.70. The van der Waals surface area contributed by atoms with Gasteiger partial charge in [-0.25, -0.2) is 13.4 Å². The summed E-state index contributed by atoms with van der Waals surface area (Å²) >= 11 is 1.32. The maximum Gasteiger partial charge on any atom is 0.202 e. The predicted molar refractivity (Wildman–Crippen MR) is 76.0 cm³/mol. The fourth-order valence-electron chi connectivity index (χ4n) is 1.26. The molecule has 0 radical (unpaired) electrons. The van der Waals surface area contributed by atoms with Gasteiger partial charge in [-0.1, -0.05) is 20.8 Å². The Morgan fingerprint density at radius 2 is 2.00 bits per heavy atom. The van der Waals surface area contributed by atoms with Crippen molar-refractivity contribution in [1.82, 2.24) is 9.36 Å². The van der Waals surface area contributed by atoms with Gasteiger partial charge in [0.2, 0.25) is 5.13 Å². The van der Waals surface area contributed by atoms with E-state index < -0.39 is 9.84 Å². The number of nitrogens with one attached hydrogen (secondary N) is 1. The summed E-state index contributed by atoms with van der Waals surface area (Å²) in [5.41, 5.74) is -0.0631. The zero-order valence-electron chi connectivity index (χ0n) is 11.5. The predicted octanol–water partition coefficient (Wildman–Crippen LogP) is 2.07. The maximum absolute atomic E-state index is 11.1. The van der Waals surface area contributed by atoms with Crippen LogP contribution < -0.4 is 5.32 Å². The van der Waals surface area contributed by atoms with Crippen LogP contribution in [-0.2, 0) is 15.3 Å². The Morgan fingerprint density at radius 1 is 1.39 bits per heavy atom. The molecule has 1 N–H and O–H groups in total. The smallest absolute Gasteiger partial charge is 0.202 e. The van der Waals surface area contributed by atoms with Crippen LogP contribution in [0.2, 0.25) is 0 Å². The number of hydrogen-bond donors (Lipinski definition) is 1. The van der Waals surface area contributed by atoms with E-state index in [1.807, 2.05) is 6.92 Å². The minimum absolute atomic E-state index is 0.0631. The van der Waals surface area contributed by atoms with Gasteiger partial charge in [-0.2, -0.15) is 4.37 Å². The van der Waals surface area contributed by atoms with Crippen LogP contribution in [-0.4, -0.2) is 35.8 Å². The summed E-state index contributed by atoms with van der Waals surface area (Å²) in [6.45, 7) is 8.13. The van der Waals surface area contributed by atoms with Crippen molar-refractivity contribution in [2.75, 3.05) is 17.3 Å². The van der Waals surface area contributed by atoms with E-state index in [1.54, 1.807) is 0 Å². The number of anilines is 1. The highest BCUT2D eigenvalue weighted by atomic mass is 32.2. The molecule has 18 heavy (non-hydrogen) atoms. The number of aromatic nitrogens is 2. The van der Waals surface area contributed by atoms with Crippen molar-refractivity contribution in [3.05, 3.63) is 5.82 Å². The summed E-state index contributed by atoms with van der Waals surface area (Å²) in [5, 5.41) is 3.94. The normalized spacial score (nSPS) is 14.5. The monoisotopic (exact) mass is 291 g/mol. The second kappa shape index (κ2) is 5.52. The Kier molecular flexibility index (Phi) is 4.72. The van der Waals surface area contributed by atoms with E-state index in [9.17, 15) is 8.42 Å². The largest absolute Gasteiger partial charge is 0.358 e. The van der Waals surface area contributed by atoms with Crippen LogP contribution in [0.3, 0.4) is 0 Å². The van der Waals surface area contributed by atoms with E-state index in [2.05, 4.69) is 35.4 Å². The highest BCUT2D eigenvalue weighted by Crippen LogP contribution is 2.23. The van der Waals surface area contributed by atoms with Gasteiger partial charge < -0.3 is 5.32 Å². The molecular weight excluding hydrogens is 270 g/mol. The number of sulfone groups is 1. The van der Waals surface area contributed by atoms with E-state index >= 15 is 0 Å². The molecule has 0 bridgehead atoms. The molecule has 0 spiro atoms. The van der Waals surface area contributed by atoms with Gasteiger partial charge in [0.05, 0.1) is 5.75 Å². The molecule has 1 atom stereocenters. The van der Waals surface area contributed by atoms with Gasteiger partial charge >= 0.3 is 0 Å². The van der Waals surface area contributed by atoms with E-state index in [0.717, 1.165) is 11.0 Å². The average molecular weight is 291 g/mol. The van der Waals surface area contributed by atoms with Crippen molar-refractivity contribution in [2.45, 2.75) is 45.6 Å². The minimum atomic E-state index is -2.90. The van der Waals surface area contributed by atoms with Gasteiger partial charge in [0.1, 0.15) is 15.7 Å². The van der Waals surface area contributed by atoms with Gasteiger partial charge in [0, 0.05) is 29.2 Å². The van der Waals surface area contributed by atoms with Crippen LogP contribution >= 0.6 is 11.5 Å². The first kappa shape index (κ1) is 15.4. The highest BCUT2D eigenvalue weighted by Gasteiger charge is 2.20. The van der Waals surface area contributed by atoms with Gasteiger partial charge in [-0.15, -0.1) is 0 Å². The first-order chi connectivity index (χ1) is 8.08. The third-order valence-corrected chi connectivity index (χ3v) is 4.01. The Bertz CT molecular complexity index is 489. The summed E-state index contributed by atoms with van der Waals surface area (Å²) in [5.74, 6) is 0.997. The fourth-order valence-corrected chi connectivity index (χ4v) is 2.91. The zero-order valence-corrected chi connectivity index (χ0v) is 13.2. The van der Waals surface area contributed by atoms with Crippen LogP contribution in [0.4, 0.5) is 5.13 Å². The van der Waals surface area contributed by atoms with Crippen LogP contribution in [0.25, 0.3) is 0 Å². The topological polar surface area (TPSA) is 72.0 Å². The molecule has 5 nitrogen and oxygen atoms in total. The van der Waals surface area contributed by atoms with Gasteiger partial charge in [0.25, 0.3) is 0 Å². The van der Waals surface area contributed by atoms with Crippen LogP contribution in [0.5, 0.6) is 0 Å². The second-order valence-corrected chi connectivity index (χ2v) is 8.65. The lowest BCUT2D eigenvalue weighted by Gasteiger charge is -2.13. The SMILES string of the molecule is CC(CCS(C)(=O)=O)Nc1nc(C(C)(C)C)ns1. The standard InChI is InChI=1S/C11H21N3O2S2/c1-8(6-7-18(5,15)16)12-10-13-9(14-17-10)11(2,3)4/h8H,6-7H2,1-5H3,(H,12,13,14). The van der Waals surface area contributed by atoms with Crippen molar-refractivity contribution in [1.29, 1.82) is 0 Å². The van der Waals surface area contributed by atoms with Gasteiger partial charge in [-0.3, -0.25) is 0 Å². The van der Waals surface area contributed by atoms with Crippen molar-refractivity contribution >= 4 is 26.5 Å². The Morgan fingerprint density at radius 3 is 2.44 bits per heavy atom. The van der Waals surface area contributed by atoms with Crippen molar-refractivity contribution in [3.8, 4) is 0 Å². The molecule has 1 aromatic heterocycles. The molecule has 0 saturated heterocycles. The van der Waals surface area contributed by atoms with Crippen LogP contribution in [0.15, 0.2) is 0 Å². The van der Waals surface area contributed by atoms with Crippen molar-refractivity contribution in [2.24, 2.45) is 0 Å². The molecule has 7 heteroatoms. The van der Waals surface area contributed by atoms with E-state index in [4.69, 9.17) is 0 Å². The van der Waals surface area contributed by atoms with Gasteiger partial charge in [-0.05, 0) is 13.3 Å². The summed E-state index contributed by atoms with van der Waals surface area (Å²) in [6, 6.07) is 0.0699. The second-order valence-electron chi connectivity index (χ2n) is 5.64. The molecule has 1 rings (SSSR count). The summed E-state index contributed by atoms with van der Waals surface area (Å²) in [6.07, 6.45) is 1.83. The average Bonchev–Trinajstić information content (AvgIpc) is 2.61. The molecule has 0 aromatic carbocycles. The molecule has 0 aliphatic rings. The maximum atomic E-state index is 11.1. The molecule has 1 aromatic rings. The Balaban J connectivity index is 2.55. The number of nitrogens with zero attached hydrogens (tertiary/aromatic N) is 2. The lowest BCUT2D eigenvalue weighted by molar-refractivity contribution is 0.555. The molecule has 1 unspecified atom stereocenters. The number of hydrogen-bond acceptors (Lipinski definition) is 6. The quantitative estimate of drug-likeness (QED) is 0.899. The van der Waals surface area contributed by atoms with Crippen molar-refractivity contribution in [3.63, 3.8) is 0 Å². The third kappa shape index (κ3) is 5.30. The third-order valence-electron chi connectivity index (χ3n) is 2.39. The Labute approximate surface area is 113 Å². The summed E-state index contributed by atoms with van der Waals surface area (Å²) in [4.78, 5) is 4.41. The first-order valence-electron chi connectivity index (χ1n) is 5.86. The molecule has 0 amide bonds. The molecule has 0 aliphatic heterocycles. The van der Waals surface area contributed by atoms with Crippen LogP contribution in [0, 0.1) is 0 Å². The van der Waals surface area contributed by atoms with Crippen LogP contribution in [0.1, 0.15) is 39.9 Å². The van der Waals surface area contributed by atoms with E-state index in [0.29, 0.717) is 6.42 Å². The van der Waals surface area contributed by atoms with E-state index in [1.165, 1.54) is 17.8 Å². The number of rotatable bonds is 5. The summed E-state index contributed by atoms with van der Waals surface area (Å²) in [7, 11) is -2.90. The molecule has 0 aliphatic carbocycles. The Hall–Kier alpha value is -0.690. The summed E-state index contributed by atoms with van der Waals surface area (Å²) < 4.78 is 26.4. The highest BCUT2D eigenvalue weighted by molar-refractivity contribution is 7.90. The lowest BCUT2D eigenvalue weighted by Crippen LogP contribution is -2.20. The minimum Gasteiger partial charge on any atom is -0.358 e. The van der Waals surface area contributed by atoms with Crippen molar-refractivity contribution < 1.29 is 8.42 Å². The molecule has 0 saturated carbocycles. The van der Waals surface area contributed by atoms with Gasteiger partial charge in [0.15, 0.2) is 0 Å². The zero-order chi connectivity index (χ0) is 14.0.